The van der Waals surface area contributed by atoms with Gasteiger partial charge in [-0.3, -0.25) is 13.9 Å². The van der Waals surface area contributed by atoms with Crippen molar-refractivity contribution in [2.24, 2.45) is 5.92 Å². The summed E-state index contributed by atoms with van der Waals surface area (Å²) in [6.07, 6.45) is 4.19. The molecule has 0 unspecified atom stereocenters. The van der Waals surface area contributed by atoms with Crippen LogP contribution in [-0.2, 0) is 10.0 Å². The van der Waals surface area contributed by atoms with Gasteiger partial charge < -0.3 is 15.1 Å². The van der Waals surface area contributed by atoms with Crippen LogP contribution in [0.1, 0.15) is 52.5 Å². The monoisotopic (exact) mass is 572 g/mol. The summed E-state index contributed by atoms with van der Waals surface area (Å²) in [5, 5.41) is 6.31. The van der Waals surface area contributed by atoms with Crippen LogP contribution in [0.5, 0.6) is 0 Å². The van der Waals surface area contributed by atoms with Crippen LogP contribution in [0.15, 0.2) is 59.0 Å². The van der Waals surface area contributed by atoms with Crippen LogP contribution in [0, 0.1) is 12.8 Å². The number of carbonyl (C=O) groups is 2. The predicted octanol–water partition coefficient (Wildman–Crippen LogP) is 4.90. The summed E-state index contributed by atoms with van der Waals surface area (Å²) < 4.78 is 33.1. The van der Waals surface area contributed by atoms with E-state index in [1.165, 1.54) is 4.31 Å². The predicted molar refractivity (Wildman–Crippen MR) is 158 cm³/mol. The molecule has 0 atom stereocenters. The normalized spacial score (nSPS) is 19.3. The molecule has 2 heterocycles. The molecule has 9 nitrogen and oxygen atoms in total. The molecule has 2 N–H and O–H groups in total. The topological polar surface area (TPSA) is 122 Å². The van der Waals surface area contributed by atoms with Gasteiger partial charge in [-0.25, -0.2) is 8.42 Å². The Bertz CT molecular complexity index is 1790. The van der Waals surface area contributed by atoms with Gasteiger partial charge >= 0.3 is 0 Å². The van der Waals surface area contributed by atoms with Crippen molar-refractivity contribution < 1.29 is 22.4 Å². The molecule has 7 rings (SSSR count). The number of furan rings is 1. The summed E-state index contributed by atoms with van der Waals surface area (Å²) in [5.41, 5.74) is 3.64. The zero-order chi connectivity index (χ0) is 29.1. The van der Waals surface area contributed by atoms with Crippen LogP contribution in [0.2, 0.25) is 0 Å². The van der Waals surface area contributed by atoms with Gasteiger partial charge in [0.25, 0.3) is 11.8 Å². The van der Waals surface area contributed by atoms with E-state index in [0.717, 1.165) is 37.0 Å². The summed E-state index contributed by atoms with van der Waals surface area (Å²) >= 11 is 0. The number of aryl methyl sites for hydroxylation is 1. The Morgan fingerprint density at radius 2 is 1.76 bits per heavy atom. The van der Waals surface area contributed by atoms with E-state index in [-0.39, 0.29) is 35.4 Å². The van der Waals surface area contributed by atoms with Crippen LogP contribution >= 0.6 is 0 Å². The SMILES string of the molecule is CCN(c1nc2oc(-c3ccc(C)cc3)c(C(=O)NC)c2cc1-c1cccc(C(=O)NC23CC(C2)C3)c1)S(C)(=O)=O. The highest BCUT2D eigenvalue weighted by Gasteiger charge is 2.57. The minimum atomic E-state index is -3.72. The highest BCUT2D eigenvalue weighted by Crippen LogP contribution is 2.57. The minimum Gasteiger partial charge on any atom is -0.437 e. The third-order valence-corrected chi connectivity index (χ3v) is 9.44. The smallest absolute Gasteiger partial charge is 0.255 e. The van der Waals surface area contributed by atoms with Crippen LogP contribution < -0.4 is 14.9 Å². The molecule has 3 aliphatic carbocycles. The first-order chi connectivity index (χ1) is 19.5. The Kier molecular flexibility index (Phi) is 6.41. The first-order valence-corrected chi connectivity index (χ1v) is 15.5. The van der Waals surface area contributed by atoms with Gasteiger partial charge in [0.2, 0.25) is 15.7 Å². The number of rotatable bonds is 8. The van der Waals surface area contributed by atoms with Crippen LogP contribution in [-0.4, -0.2) is 50.6 Å². The quantitative estimate of drug-likeness (QED) is 0.310. The zero-order valence-electron chi connectivity index (χ0n) is 23.4. The van der Waals surface area contributed by atoms with Crippen molar-refractivity contribution in [2.75, 3.05) is 24.2 Å². The van der Waals surface area contributed by atoms with Crippen molar-refractivity contribution in [3.63, 3.8) is 0 Å². The van der Waals surface area contributed by atoms with Gasteiger partial charge in [-0.15, -0.1) is 0 Å². The maximum Gasteiger partial charge on any atom is 0.255 e. The average molecular weight is 573 g/mol. The lowest BCUT2D eigenvalue weighted by Gasteiger charge is -2.61. The van der Waals surface area contributed by atoms with Crippen LogP contribution in [0.25, 0.3) is 33.6 Å². The number of benzene rings is 2. The lowest BCUT2D eigenvalue weighted by molar-refractivity contribution is -0.0438. The van der Waals surface area contributed by atoms with E-state index in [4.69, 9.17) is 9.40 Å². The molecule has 3 saturated carbocycles. The number of nitrogens with one attached hydrogen (secondary N) is 2. The van der Waals surface area contributed by atoms with E-state index < -0.39 is 10.0 Å². The molecule has 3 aliphatic rings. The first-order valence-electron chi connectivity index (χ1n) is 13.7. The van der Waals surface area contributed by atoms with Gasteiger partial charge in [0, 0.05) is 35.8 Å². The lowest BCUT2D eigenvalue weighted by Crippen LogP contribution is -2.68. The molecule has 0 spiro atoms. The molecule has 0 radical (unpaired) electrons. The van der Waals surface area contributed by atoms with E-state index in [9.17, 15) is 18.0 Å². The maximum absolute atomic E-state index is 13.2. The molecule has 2 aromatic carbocycles. The maximum atomic E-state index is 13.2. The Labute approximate surface area is 239 Å². The van der Waals surface area contributed by atoms with Crippen LogP contribution in [0.3, 0.4) is 0 Å². The van der Waals surface area contributed by atoms with Gasteiger partial charge in [-0.1, -0.05) is 42.0 Å². The molecule has 2 amide bonds. The van der Waals surface area contributed by atoms with Gasteiger partial charge in [-0.2, -0.15) is 4.98 Å². The zero-order valence-corrected chi connectivity index (χ0v) is 24.3. The van der Waals surface area contributed by atoms with Gasteiger partial charge in [0.1, 0.15) is 5.76 Å². The Morgan fingerprint density at radius 1 is 1.05 bits per heavy atom. The van der Waals surface area contributed by atoms with Crippen LogP contribution in [0.4, 0.5) is 5.82 Å². The number of nitrogens with zero attached hydrogens (tertiary/aromatic N) is 2. The number of anilines is 1. The number of fused-ring (bicyclic) bond motifs is 1. The summed E-state index contributed by atoms with van der Waals surface area (Å²) in [5.74, 6) is 0.706. The van der Waals surface area contributed by atoms with Gasteiger partial charge in [0.15, 0.2) is 5.82 Å². The van der Waals surface area contributed by atoms with Crippen molar-refractivity contribution in [2.45, 2.75) is 38.6 Å². The molecule has 0 saturated heterocycles. The number of carbonyl (C=O) groups excluding carboxylic acids is 2. The third-order valence-electron chi connectivity index (χ3n) is 8.21. The summed E-state index contributed by atoms with van der Waals surface area (Å²) in [4.78, 5) is 31.1. The van der Waals surface area contributed by atoms with Gasteiger partial charge in [0.05, 0.1) is 17.2 Å². The molecule has 0 aliphatic heterocycles. The van der Waals surface area contributed by atoms with Crippen molar-refractivity contribution in [1.29, 1.82) is 0 Å². The number of pyridine rings is 1. The molecule has 212 valence electrons. The molecule has 10 heteroatoms. The average Bonchev–Trinajstić information content (AvgIpc) is 3.27. The van der Waals surface area contributed by atoms with E-state index in [1.54, 1.807) is 44.3 Å². The fraction of sp³-hybridized carbons (Fsp3) is 0.323. The van der Waals surface area contributed by atoms with Gasteiger partial charge in [-0.05, 0) is 62.8 Å². The number of hydrogen-bond donors (Lipinski definition) is 2. The fourth-order valence-electron chi connectivity index (χ4n) is 5.99. The Balaban J connectivity index is 1.55. The van der Waals surface area contributed by atoms with E-state index in [0.29, 0.717) is 39.0 Å². The Morgan fingerprint density at radius 3 is 2.34 bits per heavy atom. The first kappa shape index (κ1) is 27.0. The molecular formula is C31H32N4O5S. The summed E-state index contributed by atoms with van der Waals surface area (Å²) in [7, 11) is -2.18. The minimum absolute atomic E-state index is 0.0791. The second-order valence-electron chi connectivity index (χ2n) is 11.2. The summed E-state index contributed by atoms with van der Waals surface area (Å²) in [6.45, 7) is 3.82. The van der Waals surface area contributed by atoms with E-state index >= 15 is 0 Å². The molecule has 4 aromatic rings. The standard InChI is InChI=1S/C31H32N4O5S/c1-5-35(41(4,38)39)27-23(21-7-6-8-22(13-21)28(36)34-31-15-19(16-31)17-31)14-24-25(29(37)32-3)26(40-30(24)33-27)20-11-9-18(2)10-12-20/h6-14,19H,5,15-17H2,1-4H3,(H,32,37)(H,34,36). The number of amides is 2. The highest BCUT2D eigenvalue weighted by molar-refractivity contribution is 7.92. The van der Waals surface area contributed by atoms with E-state index in [1.807, 2.05) is 31.2 Å². The molecule has 3 fully saturated rings. The van der Waals surface area contributed by atoms with Crippen molar-refractivity contribution in [3.05, 3.63) is 71.3 Å². The molecule has 2 aromatic heterocycles. The second-order valence-corrected chi connectivity index (χ2v) is 13.1. The van der Waals surface area contributed by atoms with Crippen molar-refractivity contribution in [3.8, 4) is 22.5 Å². The van der Waals surface area contributed by atoms with Crippen molar-refractivity contribution >= 4 is 38.8 Å². The number of hydrogen-bond acceptors (Lipinski definition) is 6. The second kappa shape index (κ2) is 9.73. The fourth-order valence-corrected chi connectivity index (χ4v) is 6.91. The molecular weight excluding hydrogens is 540 g/mol. The molecule has 41 heavy (non-hydrogen) atoms. The summed E-state index contributed by atoms with van der Waals surface area (Å²) in [6, 6.07) is 16.4. The highest BCUT2D eigenvalue weighted by atomic mass is 32.2. The number of aromatic nitrogens is 1. The number of sulfonamides is 1. The molecule has 2 bridgehead atoms. The third kappa shape index (κ3) is 4.65. The van der Waals surface area contributed by atoms with E-state index in [2.05, 4.69) is 10.6 Å². The lowest BCUT2D eigenvalue weighted by atomic mass is 9.50. The Hall–Kier alpha value is -4.18. The van der Waals surface area contributed by atoms with Crippen molar-refractivity contribution in [1.82, 2.24) is 15.6 Å². The largest absolute Gasteiger partial charge is 0.437 e.